The first-order valence-electron chi connectivity index (χ1n) is 9.96. The van der Waals surface area contributed by atoms with E-state index in [2.05, 4.69) is 4.98 Å². The Balaban J connectivity index is 1.57. The van der Waals surface area contributed by atoms with Crippen LogP contribution in [-0.4, -0.2) is 50.3 Å². The zero-order valence-electron chi connectivity index (χ0n) is 16.5. The standard InChI is InChI=1S/C22H24FN3O2S/c1-16-4-2-5-17(14-16)21(27)26(9-3-8-25-10-12-28-13-11-25)22-24-19-7-6-18(23)15-20(19)29-22/h2,4-7,14-15H,3,8-13H2,1H3/p+1. The largest absolute Gasteiger partial charge is 0.370 e. The van der Waals surface area contributed by atoms with E-state index in [1.807, 2.05) is 31.2 Å². The van der Waals surface area contributed by atoms with Gasteiger partial charge >= 0.3 is 0 Å². The second-order valence-corrected chi connectivity index (χ2v) is 8.41. The van der Waals surface area contributed by atoms with Crippen LogP contribution < -0.4 is 9.80 Å². The Morgan fingerprint density at radius 1 is 1.24 bits per heavy atom. The number of benzene rings is 2. The van der Waals surface area contributed by atoms with Gasteiger partial charge < -0.3 is 9.64 Å². The number of carbonyl (C=O) groups excluding carboxylic acids is 1. The number of thiazole rings is 1. The number of rotatable bonds is 6. The molecule has 0 unspecified atom stereocenters. The van der Waals surface area contributed by atoms with Crippen molar-refractivity contribution in [3.63, 3.8) is 0 Å². The molecule has 1 fully saturated rings. The Bertz CT molecular complexity index is 1000. The van der Waals surface area contributed by atoms with Gasteiger partial charge in [-0.15, -0.1) is 0 Å². The van der Waals surface area contributed by atoms with E-state index in [9.17, 15) is 9.18 Å². The maximum atomic E-state index is 13.6. The maximum Gasteiger partial charge on any atom is 0.260 e. The van der Waals surface area contributed by atoms with E-state index in [-0.39, 0.29) is 11.7 Å². The highest BCUT2D eigenvalue weighted by molar-refractivity contribution is 7.22. The van der Waals surface area contributed by atoms with E-state index in [1.54, 1.807) is 11.0 Å². The van der Waals surface area contributed by atoms with Gasteiger partial charge in [-0.25, -0.2) is 9.37 Å². The Kier molecular flexibility index (Phi) is 6.18. The smallest absolute Gasteiger partial charge is 0.260 e. The van der Waals surface area contributed by atoms with Gasteiger partial charge in [0.15, 0.2) is 5.13 Å². The molecule has 7 heteroatoms. The summed E-state index contributed by atoms with van der Waals surface area (Å²) in [6.07, 6.45) is 0.872. The van der Waals surface area contributed by atoms with Crippen LogP contribution >= 0.6 is 11.3 Å². The Morgan fingerprint density at radius 3 is 2.86 bits per heavy atom. The number of nitrogens with zero attached hydrogens (tertiary/aromatic N) is 2. The van der Waals surface area contributed by atoms with Gasteiger partial charge in [-0.3, -0.25) is 9.69 Å². The summed E-state index contributed by atoms with van der Waals surface area (Å²) in [6, 6.07) is 12.1. The molecule has 0 radical (unpaired) electrons. The molecular weight excluding hydrogens is 389 g/mol. The molecule has 3 aromatic rings. The van der Waals surface area contributed by atoms with Crippen LogP contribution in [0.3, 0.4) is 0 Å². The summed E-state index contributed by atoms with van der Waals surface area (Å²) in [5.41, 5.74) is 2.40. The molecule has 4 rings (SSSR count). The maximum absolute atomic E-state index is 13.6. The highest BCUT2D eigenvalue weighted by Crippen LogP contribution is 2.30. The van der Waals surface area contributed by atoms with Crippen molar-refractivity contribution in [2.24, 2.45) is 0 Å². The van der Waals surface area contributed by atoms with Crippen LogP contribution in [0.4, 0.5) is 9.52 Å². The van der Waals surface area contributed by atoms with Gasteiger partial charge in [-0.1, -0.05) is 29.0 Å². The average molecular weight is 415 g/mol. The molecule has 1 N–H and O–H groups in total. The fraction of sp³-hybridized carbons (Fsp3) is 0.364. The number of hydrogen-bond acceptors (Lipinski definition) is 4. The van der Waals surface area contributed by atoms with Crippen molar-refractivity contribution < 1.29 is 18.8 Å². The summed E-state index contributed by atoms with van der Waals surface area (Å²) < 4.78 is 19.8. The van der Waals surface area contributed by atoms with Crippen molar-refractivity contribution in [3.8, 4) is 0 Å². The van der Waals surface area contributed by atoms with Gasteiger partial charge in [0, 0.05) is 18.5 Å². The third kappa shape index (κ3) is 4.80. The zero-order valence-corrected chi connectivity index (χ0v) is 17.3. The number of morpholine rings is 1. The van der Waals surface area contributed by atoms with Gasteiger partial charge in [0.25, 0.3) is 5.91 Å². The number of ether oxygens (including phenoxy) is 1. The van der Waals surface area contributed by atoms with E-state index < -0.39 is 0 Å². The van der Waals surface area contributed by atoms with Crippen molar-refractivity contribution in [3.05, 3.63) is 59.4 Å². The van der Waals surface area contributed by atoms with Crippen molar-refractivity contribution >= 4 is 32.6 Å². The number of carbonyl (C=O) groups is 1. The van der Waals surface area contributed by atoms with E-state index in [4.69, 9.17) is 4.74 Å². The molecule has 0 bridgehead atoms. The highest BCUT2D eigenvalue weighted by atomic mass is 32.1. The van der Waals surface area contributed by atoms with E-state index >= 15 is 0 Å². The lowest BCUT2D eigenvalue weighted by molar-refractivity contribution is -0.908. The SMILES string of the molecule is Cc1cccc(C(=O)N(CCC[NH+]2CCOCC2)c2nc3ccc(F)cc3s2)c1. The van der Waals surface area contributed by atoms with Crippen LogP contribution in [0.2, 0.25) is 0 Å². The summed E-state index contributed by atoms with van der Waals surface area (Å²) >= 11 is 1.36. The normalized spacial score (nSPS) is 15.0. The fourth-order valence-electron chi connectivity index (χ4n) is 3.62. The van der Waals surface area contributed by atoms with Crippen molar-refractivity contribution in [1.82, 2.24) is 4.98 Å². The fourth-order valence-corrected chi connectivity index (χ4v) is 4.63. The van der Waals surface area contributed by atoms with Crippen molar-refractivity contribution in [2.75, 3.05) is 44.3 Å². The Hall–Kier alpha value is -2.35. The predicted molar refractivity (Wildman–Crippen MR) is 113 cm³/mol. The number of halogens is 1. The van der Waals surface area contributed by atoms with Gasteiger partial charge in [0.05, 0.1) is 30.0 Å². The third-order valence-electron chi connectivity index (χ3n) is 5.19. The molecule has 0 saturated carbocycles. The number of anilines is 1. The number of hydrogen-bond donors (Lipinski definition) is 1. The molecule has 0 spiro atoms. The molecule has 0 aliphatic carbocycles. The summed E-state index contributed by atoms with van der Waals surface area (Å²) in [5, 5.41) is 0.620. The van der Waals surface area contributed by atoms with Gasteiger partial charge in [-0.05, 0) is 37.3 Å². The van der Waals surface area contributed by atoms with Gasteiger partial charge in [0.1, 0.15) is 18.9 Å². The summed E-state index contributed by atoms with van der Waals surface area (Å²) in [7, 11) is 0. The molecule has 152 valence electrons. The second kappa shape index (κ2) is 8.98. The summed E-state index contributed by atoms with van der Waals surface area (Å²) in [4.78, 5) is 21.2. The van der Waals surface area contributed by atoms with Crippen LogP contribution in [0.25, 0.3) is 10.2 Å². The summed E-state index contributed by atoms with van der Waals surface area (Å²) in [5.74, 6) is -0.356. The molecule has 1 aliphatic rings. The minimum absolute atomic E-state index is 0.0646. The van der Waals surface area contributed by atoms with Crippen LogP contribution in [0.15, 0.2) is 42.5 Å². The highest BCUT2D eigenvalue weighted by Gasteiger charge is 2.22. The molecule has 2 aromatic carbocycles. The van der Waals surface area contributed by atoms with Crippen LogP contribution in [0.5, 0.6) is 0 Å². The number of nitrogens with one attached hydrogen (secondary N) is 1. The lowest BCUT2D eigenvalue weighted by Gasteiger charge is -2.25. The molecule has 1 aromatic heterocycles. The molecule has 2 heterocycles. The molecule has 29 heavy (non-hydrogen) atoms. The molecule has 1 aliphatic heterocycles. The molecule has 0 atom stereocenters. The molecular formula is C22H25FN3O2S+. The van der Waals surface area contributed by atoms with Crippen LogP contribution in [0.1, 0.15) is 22.3 Å². The third-order valence-corrected chi connectivity index (χ3v) is 6.23. The van der Waals surface area contributed by atoms with E-state index in [0.29, 0.717) is 22.8 Å². The zero-order chi connectivity index (χ0) is 20.2. The lowest BCUT2D eigenvalue weighted by atomic mass is 10.1. The number of fused-ring (bicyclic) bond motifs is 1. The summed E-state index contributed by atoms with van der Waals surface area (Å²) in [6.45, 7) is 7.15. The first-order valence-corrected chi connectivity index (χ1v) is 10.8. The number of aromatic nitrogens is 1. The molecule has 1 amide bonds. The minimum Gasteiger partial charge on any atom is -0.370 e. The van der Waals surface area contributed by atoms with E-state index in [0.717, 1.165) is 49.5 Å². The van der Waals surface area contributed by atoms with E-state index in [1.165, 1.54) is 28.4 Å². The van der Waals surface area contributed by atoms with Crippen molar-refractivity contribution in [1.29, 1.82) is 0 Å². The van der Waals surface area contributed by atoms with Gasteiger partial charge in [-0.2, -0.15) is 0 Å². The topological polar surface area (TPSA) is 46.9 Å². The number of amides is 1. The quantitative estimate of drug-likeness (QED) is 0.675. The monoisotopic (exact) mass is 414 g/mol. The number of aryl methyl sites for hydroxylation is 1. The van der Waals surface area contributed by atoms with Crippen molar-refractivity contribution in [2.45, 2.75) is 13.3 Å². The second-order valence-electron chi connectivity index (χ2n) is 7.40. The van der Waals surface area contributed by atoms with Crippen LogP contribution in [-0.2, 0) is 4.74 Å². The molecule has 1 saturated heterocycles. The van der Waals surface area contributed by atoms with Gasteiger partial charge in [0.2, 0.25) is 0 Å². The molecule has 5 nitrogen and oxygen atoms in total. The predicted octanol–water partition coefficient (Wildman–Crippen LogP) is 2.70. The lowest BCUT2D eigenvalue weighted by Crippen LogP contribution is -3.14. The first-order chi connectivity index (χ1) is 14.1. The minimum atomic E-state index is -0.292. The van der Waals surface area contributed by atoms with Crippen LogP contribution in [0, 0.1) is 12.7 Å². The number of quaternary nitrogens is 1. The first kappa shape index (κ1) is 19.9. The Labute approximate surface area is 173 Å². The average Bonchev–Trinajstić information content (AvgIpc) is 3.14. The Morgan fingerprint density at radius 2 is 2.07 bits per heavy atom.